The van der Waals surface area contributed by atoms with E-state index in [1.54, 1.807) is 28.4 Å². The van der Waals surface area contributed by atoms with Crippen molar-refractivity contribution < 1.29 is 4.79 Å². The van der Waals surface area contributed by atoms with Crippen LogP contribution in [-0.4, -0.2) is 63.9 Å². The summed E-state index contributed by atoms with van der Waals surface area (Å²) in [5.74, 6) is 0.948. The number of carbonyl (C=O) groups is 1. The number of hydrogen-bond donors (Lipinski definition) is 0. The minimum Gasteiger partial charge on any atom is -0.353 e. The minimum atomic E-state index is 0.0396. The van der Waals surface area contributed by atoms with Crippen molar-refractivity contribution in [2.75, 3.05) is 43.0 Å². The van der Waals surface area contributed by atoms with Gasteiger partial charge in [-0.3, -0.25) is 14.6 Å². The third-order valence-electron chi connectivity index (χ3n) is 4.81. The summed E-state index contributed by atoms with van der Waals surface area (Å²) < 4.78 is 1.98. The van der Waals surface area contributed by atoms with Crippen molar-refractivity contribution in [2.45, 2.75) is 19.4 Å². The molecule has 1 atom stereocenters. The topological polar surface area (TPSA) is 70.4 Å². The van der Waals surface area contributed by atoms with Crippen molar-refractivity contribution in [3.8, 4) is 0 Å². The molecule has 8 heteroatoms. The van der Waals surface area contributed by atoms with Gasteiger partial charge in [0.15, 0.2) is 0 Å². The molecule has 8 nitrogen and oxygen atoms in total. The molecule has 2 saturated heterocycles. The molecule has 0 saturated carbocycles. The van der Waals surface area contributed by atoms with E-state index < -0.39 is 0 Å². The maximum absolute atomic E-state index is 12.1. The molecule has 2 aliphatic rings. The number of hydrogen-bond acceptors (Lipinski definition) is 5. The molecule has 2 aliphatic heterocycles. The average molecular weight is 327 g/mol. The van der Waals surface area contributed by atoms with Crippen LogP contribution < -0.4 is 9.80 Å². The van der Waals surface area contributed by atoms with Crippen molar-refractivity contribution in [3.05, 3.63) is 30.5 Å². The molecule has 1 unspecified atom stereocenters. The van der Waals surface area contributed by atoms with Gasteiger partial charge in [0.1, 0.15) is 5.82 Å². The highest BCUT2D eigenvalue weighted by Gasteiger charge is 2.30. The molecule has 24 heavy (non-hydrogen) atoms. The average Bonchev–Trinajstić information content (AvgIpc) is 3.29. The van der Waals surface area contributed by atoms with Crippen LogP contribution in [0.2, 0.25) is 0 Å². The largest absolute Gasteiger partial charge is 0.353 e. The third kappa shape index (κ3) is 2.47. The highest BCUT2D eigenvalue weighted by molar-refractivity contribution is 5.93. The van der Waals surface area contributed by atoms with E-state index in [2.05, 4.69) is 20.0 Å². The summed E-state index contributed by atoms with van der Waals surface area (Å²) in [5, 5.41) is 4.49. The number of likely N-dealkylation sites (N-methyl/N-ethyl adjacent to an activating group) is 1. The van der Waals surface area contributed by atoms with Crippen molar-refractivity contribution in [3.63, 3.8) is 0 Å². The summed E-state index contributed by atoms with van der Waals surface area (Å²) in [6, 6.07) is 0.327. The highest BCUT2D eigenvalue weighted by atomic mass is 16.2. The Hall–Kier alpha value is -2.64. The summed E-state index contributed by atoms with van der Waals surface area (Å²) in [5.41, 5.74) is 1.82. The van der Waals surface area contributed by atoms with Gasteiger partial charge in [0.25, 0.3) is 0 Å². The summed E-state index contributed by atoms with van der Waals surface area (Å²) in [6.45, 7) is 5.25. The molecule has 2 aromatic rings. The van der Waals surface area contributed by atoms with E-state index in [1.807, 2.05) is 24.9 Å². The SMILES string of the molecule is Cc1nccnc1N1CCC(n2cc(N3CCN(C)C3=O)cn2)C1. The molecule has 4 rings (SSSR count). The smallest absolute Gasteiger partial charge is 0.324 e. The number of aryl methyl sites for hydroxylation is 1. The number of amides is 2. The molecule has 2 amide bonds. The van der Waals surface area contributed by atoms with Gasteiger partial charge in [-0.25, -0.2) is 9.78 Å². The summed E-state index contributed by atoms with van der Waals surface area (Å²) in [4.78, 5) is 26.6. The lowest BCUT2D eigenvalue weighted by Gasteiger charge is -2.18. The zero-order valence-electron chi connectivity index (χ0n) is 14.0. The van der Waals surface area contributed by atoms with E-state index >= 15 is 0 Å². The molecule has 0 spiro atoms. The molecular formula is C16H21N7O. The Kier molecular flexibility index (Phi) is 3.59. The van der Waals surface area contributed by atoms with Crippen LogP contribution in [0.5, 0.6) is 0 Å². The van der Waals surface area contributed by atoms with Gasteiger partial charge in [0.05, 0.1) is 23.6 Å². The quantitative estimate of drug-likeness (QED) is 0.850. The van der Waals surface area contributed by atoms with E-state index in [9.17, 15) is 4.79 Å². The molecule has 0 N–H and O–H groups in total. The fourth-order valence-electron chi connectivity index (χ4n) is 3.41. The predicted molar refractivity (Wildman–Crippen MR) is 90.2 cm³/mol. The highest BCUT2D eigenvalue weighted by Crippen LogP contribution is 2.28. The van der Waals surface area contributed by atoms with Crippen LogP contribution in [0.15, 0.2) is 24.8 Å². The van der Waals surface area contributed by atoms with Crippen LogP contribution in [0.1, 0.15) is 18.2 Å². The molecule has 2 aromatic heterocycles. The van der Waals surface area contributed by atoms with Gasteiger partial charge in [-0.2, -0.15) is 5.10 Å². The molecule has 4 heterocycles. The first-order valence-corrected chi connectivity index (χ1v) is 8.23. The Bertz CT molecular complexity index is 758. The molecule has 0 aromatic carbocycles. The van der Waals surface area contributed by atoms with Crippen LogP contribution in [0.4, 0.5) is 16.3 Å². The number of urea groups is 1. The van der Waals surface area contributed by atoms with Crippen molar-refractivity contribution in [2.24, 2.45) is 0 Å². The first kappa shape index (κ1) is 14.9. The monoisotopic (exact) mass is 327 g/mol. The minimum absolute atomic E-state index is 0.0396. The van der Waals surface area contributed by atoms with Crippen LogP contribution in [0.25, 0.3) is 0 Å². The summed E-state index contributed by atoms with van der Waals surface area (Å²) in [7, 11) is 1.82. The van der Waals surface area contributed by atoms with Gasteiger partial charge in [-0.05, 0) is 13.3 Å². The molecular weight excluding hydrogens is 306 g/mol. The number of anilines is 2. The zero-order valence-corrected chi connectivity index (χ0v) is 14.0. The third-order valence-corrected chi connectivity index (χ3v) is 4.81. The Morgan fingerprint density at radius 1 is 1.17 bits per heavy atom. The molecule has 0 aliphatic carbocycles. The second-order valence-corrected chi connectivity index (χ2v) is 6.39. The van der Waals surface area contributed by atoms with Crippen LogP contribution in [-0.2, 0) is 0 Å². The molecule has 126 valence electrons. The van der Waals surface area contributed by atoms with Gasteiger partial charge in [0.2, 0.25) is 0 Å². The Labute approximate surface area is 140 Å². The van der Waals surface area contributed by atoms with Crippen LogP contribution >= 0.6 is 0 Å². The lowest BCUT2D eigenvalue weighted by atomic mass is 10.3. The number of carbonyl (C=O) groups excluding carboxylic acids is 1. The Morgan fingerprint density at radius 2 is 2.00 bits per heavy atom. The maximum Gasteiger partial charge on any atom is 0.324 e. The predicted octanol–water partition coefficient (Wildman–Crippen LogP) is 1.30. The fourth-order valence-corrected chi connectivity index (χ4v) is 3.41. The van der Waals surface area contributed by atoms with Gasteiger partial charge in [-0.1, -0.05) is 0 Å². The van der Waals surface area contributed by atoms with E-state index in [4.69, 9.17) is 0 Å². The standard InChI is InChI=1S/C16H21N7O/c1-12-15(18-5-4-17-12)21-6-3-13(10-21)23-11-14(9-19-23)22-8-7-20(2)16(22)24/h4-5,9,11,13H,3,6-8,10H2,1-2H3. The van der Waals surface area contributed by atoms with Gasteiger partial charge < -0.3 is 9.80 Å². The lowest BCUT2D eigenvalue weighted by molar-refractivity contribution is 0.229. The Balaban J connectivity index is 1.48. The maximum atomic E-state index is 12.1. The van der Waals surface area contributed by atoms with E-state index in [1.165, 1.54) is 0 Å². The summed E-state index contributed by atoms with van der Waals surface area (Å²) in [6.07, 6.45) is 8.22. The van der Waals surface area contributed by atoms with Gasteiger partial charge >= 0.3 is 6.03 Å². The molecule has 0 bridgehead atoms. The van der Waals surface area contributed by atoms with E-state index in [0.29, 0.717) is 0 Å². The number of aromatic nitrogens is 4. The lowest BCUT2D eigenvalue weighted by Crippen LogP contribution is -2.28. The Morgan fingerprint density at radius 3 is 2.75 bits per heavy atom. The van der Waals surface area contributed by atoms with Crippen LogP contribution in [0, 0.1) is 6.92 Å². The van der Waals surface area contributed by atoms with Crippen molar-refractivity contribution >= 4 is 17.5 Å². The first-order chi connectivity index (χ1) is 11.6. The van der Waals surface area contributed by atoms with Gasteiger partial charge in [0, 0.05) is 51.8 Å². The summed E-state index contributed by atoms with van der Waals surface area (Å²) >= 11 is 0. The normalized spacial score (nSPS) is 21.2. The van der Waals surface area contributed by atoms with E-state index in [-0.39, 0.29) is 12.1 Å². The second-order valence-electron chi connectivity index (χ2n) is 6.39. The molecule has 2 fully saturated rings. The molecule has 0 radical (unpaired) electrons. The number of nitrogens with zero attached hydrogens (tertiary/aromatic N) is 7. The van der Waals surface area contributed by atoms with Gasteiger partial charge in [-0.15, -0.1) is 0 Å². The van der Waals surface area contributed by atoms with Crippen molar-refractivity contribution in [1.82, 2.24) is 24.6 Å². The second kappa shape index (κ2) is 5.77. The number of rotatable bonds is 3. The van der Waals surface area contributed by atoms with Crippen molar-refractivity contribution in [1.29, 1.82) is 0 Å². The van der Waals surface area contributed by atoms with E-state index in [0.717, 1.165) is 49.8 Å². The zero-order chi connectivity index (χ0) is 16.7. The first-order valence-electron chi connectivity index (χ1n) is 8.23. The van der Waals surface area contributed by atoms with Crippen LogP contribution in [0.3, 0.4) is 0 Å². The fraction of sp³-hybridized carbons (Fsp3) is 0.500.